The van der Waals surface area contributed by atoms with Crippen molar-refractivity contribution in [1.29, 1.82) is 0 Å². The van der Waals surface area contributed by atoms with Crippen molar-refractivity contribution < 1.29 is 46.9 Å². The highest BCUT2D eigenvalue weighted by Crippen LogP contribution is 2.42. The molecule has 2 unspecified atom stereocenters. The molecule has 1 aromatic heterocycles. The monoisotopic (exact) mass is 474 g/mol. The van der Waals surface area contributed by atoms with Crippen LogP contribution < -0.4 is 10.5 Å². The molecule has 7 N–H and O–H groups in total. The predicted octanol–water partition coefficient (Wildman–Crippen LogP) is -1.51. The molecule has 0 saturated heterocycles. The van der Waals surface area contributed by atoms with Crippen LogP contribution >= 0.6 is 11.3 Å². The van der Waals surface area contributed by atoms with E-state index in [1.807, 2.05) is 6.92 Å². The standard InChI is InChI=1S/C10H16N2O4S3.C4H6O6/c1-3-12-8-4-6(2)18(13,14)10-7(8)5-9(17-10)19(11,15)16;5-1(3(7)8)2(6)4(9)10/h5-6,8,12H,3-4H2,1-2H3,(H2,11,15,16);1-2,5-6H,(H,7,8)(H,9,10)/t6-,8-;/m0./s1. The number of nitrogens with one attached hydrogen (secondary N) is 1. The zero-order valence-corrected chi connectivity index (χ0v) is 17.8. The van der Waals surface area contributed by atoms with Gasteiger partial charge in [-0.3, -0.25) is 0 Å². The minimum absolute atomic E-state index is 0.0990. The molecule has 0 amide bonds. The summed E-state index contributed by atoms with van der Waals surface area (Å²) in [5.74, 6) is -3.54. The third-order valence-electron chi connectivity index (χ3n) is 3.97. The fraction of sp³-hybridized carbons (Fsp3) is 0.571. The van der Waals surface area contributed by atoms with Gasteiger partial charge >= 0.3 is 11.9 Å². The second-order valence-electron chi connectivity index (χ2n) is 6.12. The van der Waals surface area contributed by atoms with E-state index in [1.54, 1.807) is 6.92 Å². The predicted molar refractivity (Wildman–Crippen MR) is 101 cm³/mol. The van der Waals surface area contributed by atoms with E-state index in [2.05, 4.69) is 5.32 Å². The van der Waals surface area contributed by atoms with Gasteiger partial charge in [-0.2, -0.15) is 0 Å². The van der Waals surface area contributed by atoms with Crippen LogP contribution in [0.3, 0.4) is 0 Å². The van der Waals surface area contributed by atoms with Crippen molar-refractivity contribution in [2.75, 3.05) is 6.54 Å². The number of carboxylic acid groups (broad SMARTS) is 2. The summed E-state index contributed by atoms with van der Waals surface area (Å²) < 4.78 is 47.3. The van der Waals surface area contributed by atoms with E-state index in [4.69, 9.17) is 25.6 Å². The van der Waals surface area contributed by atoms with Crippen molar-refractivity contribution in [2.45, 2.75) is 52.2 Å². The molecule has 4 atom stereocenters. The number of sulfonamides is 1. The quantitative estimate of drug-likeness (QED) is 0.278. The maximum Gasteiger partial charge on any atom is 0.335 e. The lowest BCUT2D eigenvalue weighted by Gasteiger charge is -2.27. The van der Waals surface area contributed by atoms with Gasteiger partial charge in [-0.25, -0.2) is 31.6 Å². The maximum absolute atomic E-state index is 12.2. The first kappa shape index (κ1) is 25.4. The molecule has 1 aliphatic rings. The average molecular weight is 475 g/mol. The number of primary sulfonamides is 1. The first-order valence-electron chi connectivity index (χ1n) is 8.10. The fourth-order valence-electron chi connectivity index (χ4n) is 2.45. The summed E-state index contributed by atoms with van der Waals surface area (Å²) in [6.07, 6.45) is -4.10. The Morgan fingerprint density at radius 1 is 1.28 bits per heavy atom. The average Bonchev–Trinajstić information content (AvgIpc) is 3.06. The summed E-state index contributed by atoms with van der Waals surface area (Å²) in [6, 6.07) is 1.23. The van der Waals surface area contributed by atoms with Gasteiger partial charge in [-0.05, 0) is 26.0 Å². The Hall–Kier alpha value is -1.62. The van der Waals surface area contributed by atoms with Crippen LogP contribution in [0.1, 0.15) is 31.9 Å². The summed E-state index contributed by atoms with van der Waals surface area (Å²) in [6.45, 7) is 4.23. The van der Waals surface area contributed by atoms with Gasteiger partial charge in [-0.1, -0.05) is 6.92 Å². The number of rotatable bonds is 6. The van der Waals surface area contributed by atoms with Gasteiger partial charge in [0.2, 0.25) is 10.0 Å². The molecule has 2 rings (SSSR count). The molecule has 0 aliphatic carbocycles. The van der Waals surface area contributed by atoms with Crippen LogP contribution in [-0.2, 0) is 29.4 Å². The Morgan fingerprint density at radius 3 is 2.14 bits per heavy atom. The van der Waals surface area contributed by atoms with Gasteiger partial charge in [0, 0.05) is 11.6 Å². The Morgan fingerprint density at radius 2 is 1.76 bits per heavy atom. The molecule has 0 radical (unpaired) electrons. The normalized spacial score (nSPS) is 22.5. The number of carbonyl (C=O) groups is 2. The van der Waals surface area contributed by atoms with Crippen LogP contribution in [0.4, 0.5) is 0 Å². The van der Waals surface area contributed by atoms with E-state index in [-0.39, 0.29) is 14.5 Å². The largest absolute Gasteiger partial charge is 0.479 e. The van der Waals surface area contributed by atoms with E-state index in [0.717, 1.165) is 11.3 Å². The number of hydrogen-bond acceptors (Lipinski definition) is 10. The first-order valence-corrected chi connectivity index (χ1v) is 12.0. The van der Waals surface area contributed by atoms with Crippen molar-refractivity contribution in [3.8, 4) is 0 Å². The molecule has 29 heavy (non-hydrogen) atoms. The van der Waals surface area contributed by atoms with Crippen LogP contribution in [0.5, 0.6) is 0 Å². The van der Waals surface area contributed by atoms with Crippen molar-refractivity contribution >= 4 is 43.1 Å². The Labute approximate surface area is 170 Å². The van der Waals surface area contributed by atoms with E-state index >= 15 is 0 Å². The van der Waals surface area contributed by atoms with Crippen molar-refractivity contribution in [1.82, 2.24) is 5.32 Å². The summed E-state index contributed by atoms with van der Waals surface area (Å²) in [4.78, 5) is 19.5. The van der Waals surface area contributed by atoms with E-state index < -0.39 is 49.3 Å². The fourth-order valence-corrected chi connectivity index (χ4v) is 6.87. The molecule has 1 aromatic rings. The van der Waals surface area contributed by atoms with Crippen LogP contribution in [-0.4, -0.2) is 73.2 Å². The van der Waals surface area contributed by atoms with Gasteiger partial charge in [0.15, 0.2) is 22.0 Å². The van der Waals surface area contributed by atoms with Crippen molar-refractivity contribution in [3.63, 3.8) is 0 Å². The third kappa shape index (κ3) is 5.94. The molecule has 166 valence electrons. The maximum atomic E-state index is 12.2. The lowest BCUT2D eigenvalue weighted by molar-refractivity contribution is -0.165. The van der Waals surface area contributed by atoms with Crippen LogP contribution in [0.2, 0.25) is 0 Å². The zero-order valence-electron chi connectivity index (χ0n) is 15.3. The van der Waals surface area contributed by atoms with E-state index in [9.17, 15) is 26.4 Å². The van der Waals surface area contributed by atoms with Crippen LogP contribution in [0.15, 0.2) is 14.5 Å². The number of carboxylic acids is 2. The highest BCUT2D eigenvalue weighted by atomic mass is 32.3. The van der Waals surface area contributed by atoms with Gasteiger partial charge in [-0.15, -0.1) is 11.3 Å². The highest BCUT2D eigenvalue weighted by molar-refractivity contribution is 7.95. The van der Waals surface area contributed by atoms with Gasteiger partial charge < -0.3 is 25.7 Å². The number of thiophene rings is 1. The molecule has 0 aromatic carbocycles. The molecule has 1 aliphatic heterocycles. The van der Waals surface area contributed by atoms with Crippen LogP contribution in [0.25, 0.3) is 0 Å². The second kappa shape index (κ2) is 9.46. The molecule has 15 heteroatoms. The molecule has 0 fully saturated rings. The molecular weight excluding hydrogens is 452 g/mol. The molecule has 2 heterocycles. The minimum atomic E-state index is -3.88. The zero-order chi connectivity index (χ0) is 22.7. The topological polar surface area (TPSA) is 221 Å². The van der Waals surface area contributed by atoms with Crippen LogP contribution in [0, 0.1) is 0 Å². The Kier molecular flexibility index (Phi) is 8.29. The molecule has 0 bridgehead atoms. The number of fused-ring (bicyclic) bond motifs is 1. The third-order valence-corrected chi connectivity index (χ3v) is 9.29. The Balaban J connectivity index is 0.000000359. The summed E-state index contributed by atoms with van der Waals surface area (Å²) >= 11 is 0.742. The SMILES string of the molecule is CCN[C@H]1C[C@H](C)S(=O)(=O)c2sc(S(N)(=O)=O)cc21.O=C(O)C(O)C(O)C(=O)O. The minimum Gasteiger partial charge on any atom is -0.479 e. The molecular formula is C14H22N2O10S3. The van der Waals surface area contributed by atoms with Gasteiger partial charge in [0.25, 0.3) is 0 Å². The lowest BCUT2D eigenvalue weighted by Crippen LogP contribution is -2.39. The number of aliphatic hydroxyl groups excluding tert-OH is 2. The summed E-state index contributed by atoms with van der Waals surface area (Å²) in [5, 5.41) is 40.3. The lowest BCUT2D eigenvalue weighted by atomic mass is 10.1. The molecule has 0 saturated carbocycles. The number of aliphatic carboxylic acids is 2. The number of hydrogen-bond donors (Lipinski definition) is 6. The van der Waals surface area contributed by atoms with Crippen molar-refractivity contribution in [3.05, 3.63) is 11.6 Å². The summed E-state index contributed by atoms with van der Waals surface area (Å²) in [5.41, 5.74) is 0.522. The van der Waals surface area contributed by atoms with E-state index in [1.165, 1.54) is 6.07 Å². The first-order chi connectivity index (χ1) is 13.1. The highest BCUT2D eigenvalue weighted by Gasteiger charge is 2.39. The Bertz CT molecular complexity index is 952. The molecule has 12 nitrogen and oxygen atoms in total. The smallest absolute Gasteiger partial charge is 0.335 e. The second-order valence-corrected chi connectivity index (χ2v) is 11.5. The van der Waals surface area contributed by atoms with Crippen molar-refractivity contribution in [2.24, 2.45) is 5.14 Å². The van der Waals surface area contributed by atoms with Gasteiger partial charge in [0.05, 0.1) is 5.25 Å². The summed E-state index contributed by atoms with van der Waals surface area (Å²) in [7, 11) is -7.33. The number of nitrogens with two attached hydrogens (primary N) is 1. The van der Waals surface area contributed by atoms with Gasteiger partial charge in [0.1, 0.15) is 8.42 Å². The van der Waals surface area contributed by atoms with E-state index in [0.29, 0.717) is 18.5 Å². The number of sulfone groups is 1. The molecule has 0 spiro atoms. The number of aliphatic hydroxyl groups is 2.